The van der Waals surface area contributed by atoms with Gasteiger partial charge in [0, 0.05) is 6.07 Å². The van der Waals surface area contributed by atoms with E-state index in [1.165, 1.54) is 25.7 Å². The van der Waals surface area contributed by atoms with Crippen LogP contribution in [0.15, 0.2) is 16.5 Å². The first-order chi connectivity index (χ1) is 10.5. The Morgan fingerprint density at radius 3 is 2.68 bits per heavy atom. The maximum Gasteiger partial charge on any atom is 0.319 e. The van der Waals surface area contributed by atoms with Crippen molar-refractivity contribution in [3.8, 4) is 5.75 Å². The number of benzene rings is 1. The van der Waals surface area contributed by atoms with Crippen molar-refractivity contribution < 1.29 is 22.3 Å². The number of carbonyl (C=O) groups excluding carboxylic acids is 1. The molecule has 1 amide bonds. The molecule has 120 valence electrons. The summed E-state index contributed by atoms with van der Waals surface area (Å²) in [4.78, 5) is 11.4. The second-order valence-electron chi connectivity index (χ2n) is 5.16. The fourth-order valence-electron chi connectivity index (χ4n) is 2.55. The van der Waals surface area contributed by atoms with Gasteiger partial charge >= 0.3 is 10.5 Å². The third-order valence-corrected chi connectivity index (χ3v) is 4.28. The first-order valence-electron chi connectivity index (χ1n) is 6.94. The van der Waals surface area contributed by atoms with Gasteiger partial charge in [0.05, 0.1) is 17.2 Å². The quantitative estimate of drug-likeness (QED) is 0.815. The molecule has 8 heteroatoms. The Morgan fingerprint density at radius 2 is 2.05 bits per heavy atom. The minimum atomic E-state index is -2.94. The molecule has 0 heterocycles. The van der Waals surface area contributed by atoms with Gasteiger partial charge in [-0.15, -0.1) is 0 Å². The summed E-state index contributed by atoms with van der Waals surface area (Å²) < 4.78 is 42.7. The predicted molar refractivity (Wildman–Crippen MR) is 79.2 cm³/mol. The van der Waals surface area contributed by atoms with E-state index in [0.717, 1.165) is 18.6 Å². The molecule has 0 radical (unpaired) electrons. The first kappa shape index (κ1) is 16.9. The summed E-state index contributed by atoms with van der Waals surface area (Å²) >= 11 is 5.94. The molecule has 1 fully saturated rings. The van der Waals surface area contributed by atoms with Crippen LogP contribution in [0.3, 0.4) is 0 Å². The van der Waals surface area contributed by atoms with E-state index in [1.54, 1.807) is 0 Å². The summed E-state index contributed by atoms with van der Waals surface area (Å²) in [5.74, 6) is -1.35. The van der Waals surface area contributed by atoms with Crippen molar-refractivity contribution in [3.63, 3.8) is 0 Å². The third-order valence-electron chi connectivity index (χ3n) is 3.67. The lowest BCUT2D eigenvalue weighted by Crippen LogP contribution is -2.06. The topological polar surface area (TPSA) is 72.8 Å². The van der Waals surface area contributed by atoms with Crippen LogP contribution in [0.4, 0.5) is 4.39 Å². The lowest BCUT2D eigenvalue weighted by atomic mass is 10.1. The Hall–Kier alpha value is -1.47. The van der Waals surface area contributed by atoms with Crippen LogP contribution in [0.5, 0.6) is 5.75 Å². The molecule has 0 aromatic heterocycles. The molecule has 0 spiro atoms. The van der Waals surface area contributed by atoms with E-state index < -0.39 is 27.8 Å². The van der Waals surface area contributed by atoms with Crippen LogP contribution in [0.2, 0.25) is 5.02 Å². The average Bonchev–Trinajstić information content (AvgIpc) is 2.94. The highest BCUT2D eigenvalue weighted by Crippen LogP contribution is 2.30. The summed E-state index contributed by atoms with van der Waals surface area (Å²) in [5, 5.41) is 0.0445. The van der Waals surface area contributed by atoms with E-state index in [0.29, 0.717) is 12.5 Å². The lowest BCUT2D eigenvalue weighted by molar-refractivity contribution is 0.100. The molecule has 2 rings (SSSR count). The lowest BCUT2D eigenvalue weighted by Gasteiger charge is -2.12. The molecule has 1 saturated carbocycles. The molecule has 0 N–H and O–H groups in total. The minimum Gasteiger partial charge on any atom is -0.492 e. The summed E-state index contributed by atoms with van der Waals surface area (Å²) in [6, 6.07) is 2.01. The van der Waals surface area contributed by atoms with Gasteiger partial charge in [0.25, 0.3) is 5.91 Å². The smallest absolute Gasteiger partial charge is 0.319 e. The summed E-state index contributed by atoms with van der Waals surface area (Å²) in [6.45, 7) is 0.423. The second-order valence-corrected chi connectivity index (χ2v) is 6.19. The van der Waals surface area contributed by atoms with Crippen LogP contribution in [-0.4, -0.2) is 20.9 Å². The first-order valence-corrected chi connectivity index (χ1v) is 8.35. The van der Waals surface area contributed by atoms with Gasteiger partial charge in [-0.05, 0) is 18.4 Å². The highest BCUT2D eigenvalue weighted by atomic mass is 35.5. The van der Waals surface area contributed by atoms with Gasteiger partial charge in [0.1, 0.15) is 11.6 Å². The maximum atomic E-state index is 13.8. The molecule has 0 bridgehead atoms. The average molecular weight is 348 g/mol. The molecule has 1 aliphatic rings. The number of hydrogen-bond acceptors (Lipinski definition) is 4. The summed E-state index contributed by atoms with van der Waals surface area (Å²) in [5.41, 5.74) is -0.502. The van der Waals surface area contributed by atoms with E-state index >= 15 is 0 Å². The fraction of sp³-hybridized carbons (Fsp3) is 0.500. The van der Waals surface area contributed by atoms with Gasteiger partial charge in [-0.3, -0.25) is 4.79 Å². The highest BCUT2D eigenvalue weighted by Gasteiger charge is 2.18. The fourth-order valence-corrected chi connectivity index (χ4v) is 3.01. The predicted octanol–water partition coefficient (Wildman–Crippen LogP) is 3.64. The third kappa shape index (κ3) is 4.51. The molecular weight excluding hydrogens is 333 g/mol. The second kappa shape index (κ2) is 7.69. The van der Waals surface area contributed by atoms with Gasteiger partial charge in [-0.1, -0.05) is 41.6 Å². The zero-order valence-electron chi connectivity index (χ0n) is 11.7. The van der Waals surface area contributed by atoms with Crippen molar-refractivity contribution >= 4 is 28.0 Å². The van der Waals surface area contributed by atoms with Crippen molar-refractivity contribution in [2.75, 3.05) is 6.61 Å². The molecule has 5 nitrogen and oxygen atoms in total. The van der Waals surface area contributed by atoms with Crippen molar-refractivity contribution in [2.45, 2.75) is 32.1 Å². The van der Waals surface area contributed by atoms with Crippen molar-refractivity contribution in [1.82, 2.24) is 0 Å². The summed E-state index contributed by atoms with van der Waals surface area (Å²) in [6.07, 6.45) is 5.73. The Morgan fingerprint density at radius 1 is 1.36 bits per heavy atom. The van der Waals surface area contributed by atoms with E-state index in [1.807, 2.05) is 0 Å². The van der Waals surface area contributed by atoms with Crippen LogP contribution in [0.1, 0.15) is 42.5 Å². The number of carbonyl (C=O) groups is 1. The number of nitrogens with zero attached hydrogens (tertiary/aromatic N) is 1. The Balaban J connectivity index is 2.05. The normalized spacial score (nSPS) is 14.8. The maximum absolute atomic E-state index is 13.8. The van der Waals surface area contributed by atoms with Crippen molar-refractivity contribution in [1.29, 1.82) is 0 Å². The zero-order chi connectivity index (χ0) is 16.1. The molecule has 0 atom stereocenters. The van der Waals surface area contributed by atoms with Gasteiger partial charge in [-0.25, -0.2) is 4.39 Å². The van der Waals surface area contributed by atoms with E-state index in [9.17, 15) is 17.6 Å². The standard InChI is InChI=1S/C14H15ClFNO4S/c15-11-7-10(14(18)17-22(19)20)12(16)8-13(11)21-6-5-9-3-1-2-4-9/h7-9H,1-6H2. The van der Waals surface area contributed by atoms with E-state index in [2.05, 4.69) is 4.36 Å². The minimum absolute atomic E-state index is 0.0445. The van der Waals surface area contributed by atoms with E-state index in [4.69, 9.17) is 16.3 Å². The van der Waals surface area contributed by atoms with Crippen LogP contribution < -0.4 is 4.74 Å². The molecule has 1 aliphatic carbocycles. The molecule has 0 aliphatic heterocycles. The summed E-state index contributed by atoms with van der Waals surface area (Å²) in [7, 11) is -2.94. The van der Waals surface area contributed by atoms with E-state index in [-0.39, 0.29) is 10.8 Å². The molecule has 0 unspecified atom stereocenters. The monoisotopic (exact) mass is 347 g/mol. The van der Waals surface area contributed by atoms with Crippen LogP contribution in [0, 0.1) is 11.7 Å². The van der Waals surface area contributed by atoms with Gasteiger partial charge in [0.2, 0.25) is 0 Å². The van der Waals surface area contributed by atoms with Gasteiger partial charge in [0.15, 0.2) is 0 Å². The Bertz CT molecular complexity index is 691. The molecule has 22 heavy (non-hydrogen) atoms. The van der Waals surface area contributed by atoms with Crippen LogP contribution in [0.25, 0.3) is 0 Å². The van der Waals surface area contributed by atoms with Crippen LogP contribution >= 0.6 is 11.6 Å². The largest absolute Gasteiger partial charge is 0.492 e. The molecular formula is C14H15ClFNO4S. The molecule has 1 aromatic carbocycles. The number of hydrogen-bond donors (Lipinski definition) is 0. The molecule has 1 aromatic rings. The number of amides is 1. The van der Waals surface area contributed by atoms with Crippen LogP contribution in [-0.2, 0) is 10.5 Å². The zero-order valence-corrected chi connectivity index (χ0v) is 13.3. The van der Waals surface area contributed by atoms with Gasteiger partial charge in [-0.2, -0.15) is 8.42 Å². The number of ether oxygens (including phenoxy) is 1. The highest BCUT2D eigenvalue weighted by molar-refractivity contribution is 7.62. The van der Waals surface area contributed by atoms with Crippen molar-refractivity contribution in [3.05, 3.63) is 28.5 Å². The SMILES string of the molecule is O=C(N=S(=O)=O)c1cc(Cl)c(OCCC2CCCC2)cc1F. The van der Waals surface area contributed by atoms with Crippen molar-refractivity contribution in [2.24, 2.45) is 10.3 Å². The number of halogens is 2. The Kier molecular flexibility index (Phi) is 5.90. The molecule has 0 saturated heterocycles. The Labute approximate surface area is 134 Å². The number of rotatable bonds is 5. The van der Waals surface area contributed by atoms with Gasteiger partial charge < -0.3 is 4.74 Å².